The molecular weight excluding hydrogens is 330 g/mol. The number of aromatic amines is 1. The van der Waals surface area contributed by atoms with Gasteiger partial charge >= 0.3 is 0 Å². The molecule has 0 amide bonds. The van der Waals surface area contributed by atoms with Crippen molar-refractivity contribution in [3.8, 4) is 22.3 Å². The SMILES string of the molecule is c1ccc2c(c1)[NH+]=c1c-2c2c(c3c1[nH]c1ccccc13)=[NH+]c1ccccc1-2. The maximum Gasteiger partial charge on any atom is 0.237 e. The molecule has 7 rings (SSSR count). The molecule has 4 aromatic carbocycles. The Morgan fingerprint density at radius 2 is 1.19 bits per heavy atom. The fourth-order valence-electron chi connectivity index (χ4n) is 4.77. The van der Waals surface area contributed by atoms with E-state index in [9.17, 15) is 0 Å². The lowest BCUT2D eigenvalue weighted by atomic mass is 9.93. The Labute approximate surface area is 154 Å². The summed E-state index contributed by atoms with van der Waals surface area (Å²) in [6, 6.07) is 25.7. The largest absolute Gasteiger partial charge is 0.349 e. The van der Waals surface area contributed by atoms with Crippen molar-refractivity contribution in [2.75, 3.05) is 0 Å². The molecular formula is C24H15N3+2. The van der Waals surface area contributed by atoms with Gasteiger partial charge in [-0.15, -0.1) is 0 Å². The van der Waals surface area contributed by atoms with Crippen molar-refractivity contribution in [2.24, 2.45) is 0 Å². The van der Waals surface area contributed by atoms with Crippen molar-refractivity contribution < 1.29 is 9.98 Å². The molecule has 0 radical (unpaired) electrons. The van der Waals surface area contributed by atoms with E-state index in [2.05, 4.69) is 87.8 Å². The van der Waals surface area contributed by atoms with E-state index in [0.717, 1.165) is 0 Å². The Balaban J connectivity index is 1.83. The van der Waals surface area contributed by atoms with E-state index in [-0.39, 0.29) is 0 Å². The molecule has 2 aliphatic heterocycles. The van der Waals surface area contributed by atoms with E-state index >= 15 is 0 Å². The van der Waals surface area contributed by atoms with Gasteiger partial charge in [-0.1, -0.05) is 42.5 Å². The minimum Gasteiger partial charge on any atom is -0.349 e. The molecule has 0 unspecified atom stereocenters. The summed E-state index contributed by atoms with van der Waals surface area (Å²) in [5.41, 5.74) is 9.81. The van der Waals surface area contributed by atoms with Gasteiger partial charge in [0.15, 0.2) is 0 Å². The molecule has 0 atom stereocenters. The van der Waals surface area contributed by atoms with E-state index < -0.39 is 0 Å². The number of benzene rings is 4. The average Bonchev–Trinajstić information content (AvgIpc) is 3.38. The van der Waals surface area contributed by atoms with Crippen LogP contribution in [0.25, 0.3) is 44.1 Å². The number of rotatable bonds is 0. The summed E-state index contributed by atoms with van der Waals surface area (Å²) in [5.74, 6) is 0. The Morgan fingerprint density at radius 1 is 0.593 bits per heavy atom. The van der Waals surface area contributed by atoms with Crippen molar-refractivity contribution in [3.63, 3.8) is 0 Å². The average molecular weight is 345 g/mol. The highest BCUT2D eigenvalue weighted by Gasteiger charge is 2.35. The zero-order valence-corrected chi connectivity index (χ0v) is 14.4. The molecule has 3 heterocycles. The minimum atomic E-state index is 1.17. The highest BCUT2D eigenvalue weighted by molar-refractivity contribution is 6.11. The second-order valence-corrected chi connectivity index (χ2v) is 7.26. The van der Waals surface area contributed by atoms with Crippen LogP contribution in [0.5, 0.6) is 0 Å². The lowest BCUT2D eigenvalue weighted by Gasteiger charge is -2.01. The number of para-hydroxylation sites is 3. The highest BCUT2D eigenvalue weighted by Crippen LogP contribution is 2.37. The zero-order valence-electron chi connectivity index (χ0n) is 14.4. The molecule has 124 valence electrons. The Morgan fingerprint density at radius 3 is 1.96 bits per heavy atom. The van der Waals surface area contributed by atoms with Crippen LogP contribution in [0.2, 0.25) is 0 Å². The number of hydrogen-bond donors (Lipinski definition) is 3. The van der Waals surface area contributed by atoms with E-state index in [0.29, 0.717) is 0 Å². The third-order valence-corrected chi connectivity index (χ3v) is 5.87. The predicted octanol–water partition coefficient (Wildman–Crippen LogP) is 1.35. The third kappa shape index (κ3) is 1.53. The van der Waals surface area contributed by atoms with Crippen LogP contribution in [0.4, 0.5) is 11.4 Å². The van der Waals surface area contributed by atoms with Gasteiger partial charge in [-0.2, -0.15) is 0 Å². The van der Waals surface area contributed by atoms with Crippen LogP contribution in [-0.4, -0.2) is 4.98 Å². The molecule has 0 aliphatic carbocycles. The number of H-pyrrole nitrogens is 1. The number of aromatic nitrogens is 1. The molecule has 2 aliphatic rings. The van der Waals surface area contributed by atoms with Crippen LogP contribution in [0.3, 0.4) is 0 Å². The minimum absolute atomic E-state index is 1.17. The first kappa shape index (κ1) is 13.5. The molecule has 3 nitrogen and oxygen atoms in total. The van der Waals surface area contributed by atoms with Crippen molar-refractivity contribution in [2.45, 2.75) is 0 Å². The maximum atomic E-state index is 3.71. The fourth-order valence-corrected chi connectivity index (χ4v) is 4.77. The zero-order chi connectivity index (χ0) is 17.5. The molecule has 3 heteroatoms. The van der Waals surface area contributed by atoms with Crippen molar-refractivity contribution in [1.29, 1.82) is 0 Å². The topological polar surface area (TPSA) is 43.7 Å². The van der Waals surface area contributed by atoms with Crippen molar-refractivity contribution in [1.82, 2.24) is 4.98 Å². The summed E-state index contributed by atoms with van der Waals surface area (Å²) in [7, 11) is 0. The summed E-state index contributed by atoms with van der Waals surface area (Å²) < 4.78 is 0. The summed E-state index contributed by atoms with van der Waals surface area (Å²) in [6.07, 6.45) is 0. The van der Waals surface area contributed by atoms with E-state index in [1.807, 2.05) is 0 Å². The molecule has 0 fully saturated rings. The number of nitrogens with one attached hydrogen (secondary N) is 3. The molecule has 0 saturated carbocycles. The summed E-state index contributed by atoms with van der Waals surface area (Å²) in [5, 5.41) is 4.90. The predicted molar refractivity (Wildman–Crippen MR) is 105 cm³/mol. The first-order valence-corrected chi connectivity index (χ1v) is 9.23. The van der Waals surface area contributed by atoms with Gasteiger partial charge in [0.25, 0.3) is 0 Å². The number of hydrogen-bond acceptors (Lipinski definition) is 0. The standard InChI is InChI=1S/C24H13N3/c1-4-10-16-13(7-1)19-20-14-8-2-5-11-17(14)26-23(20)24-21(22(19)25-16)15-9-3-6-12-18(15)27-24/h1-12,27H/p+2. The lowest BCUT2D eigenvalue weighted by Crippen LogP contribution is -2.70. The van der Waals surface area contributed by atoms with E-state index in [1.54, 1.807) is 0 Å². The molecule has 0 saturated heterocycles. The molecule has 27 heavy (non-hydrogen) atoms. The van der Waals surface area contributed by atoms with Crippen molar-refractivity contribution >= 4 is 33.2 Å². The monoisotopic (exact) mass is 345 g/mol. The van der Waals surface area contributed by atoms with Gasteiger partial charge in [-0.3, -0.25) is 0 Å². The molecule has 0 spiro atoms. The second-order valence-electron chi connectivity index (χ2n) is 7.26. The first-order valence-electron chi connectivity index (χ1n) is 9.23. The number of fused-ring (bicyclic) bond motifs is 12. The van der Waals surface area contributed by atoms with Gasteiger partial charge in [-0.05, 0) is 18.2 Å². The maximum absolute atomic E-state index is 3.71. The van der Waals surface area contributed by atoms with Gasteiger partial charge in [0.05, 0.1) is 27.6 Å². The van der Waals surface area contributed by atoms with Gasteiger partial charge in [0.1, 0.15) is 5.52 Å². The van der Waals surface area contributed by atoms with Crippen LogP contribution in [0, 0.1) is 0 Å². The third-order valence-electron chi connectivity index (χ3n) is 5.87. The Hall–Kier alpha value is -3.72. The fraction of sp³-hybridized carbons (Fsp3) is 0. The quantitative estimate of drug-likeness (QED) is 0.372. The van der Waals surface area contributed by atoms with E-state index in [4.69, 9.17) is 0 Å². The lowest BCUT2D eigenvalue weighted by molar-refractivity contribution is -0.397. The van der Waals surface area contributed by atoms with Crippen molar-refractivity contribution in [3.05, 3.63) is 83.5 Å². The molecule has 0 bridgehead atoms. The summed E-state index contributed by atoms with van der Waals surface area (Å²) >= 11 is 0. The van der Waals surface area contributed by atoms with Crippen LogP contribution in [-0.2, 0) is 0 Å². The molecule has 1 aromatic heterocycles. The van der Waals surface area contributed by atoms with Gasteiger partial charge in [0.2, 0.25) is 22.1 Å². The normalized spacial score (nSPS) is 13.0. The van der Waals surface area contributed by atoms with Gasteiger partial charge in [-0.25, -0.2) is 9.98 Å². The Kier molecular flexibility index (Phi) is 2.25. The van der Waals surface area contributed by atoms with Gasteiger partial charge < -0.3 is 4.98 Å². The van der Waals surface area contributed by atoms with Crippen LogP contribution in [0.15, 0.2) is 72.8 Å². The summed E-state index contributed by atoms with van der Waals surface area (Å²) in [6.45, 7) is 0. The van der Waals surface area contributed by atoms with E-state index in [1.165, 1.54) is 66.1 Å². The van der Waals surface area contributed by atoms with Crippen LogP contribution >= 0.6 is 0 Å². The van der Waals surface area contributed by atoms with Gasteiger partial charge in [0, 0.05) is 23.0 Å². The molecule has 3 N–H and O–H groups in total. The Bertz CT molecular complexity index is 1570. The van der Waals surface area contributed by atoms with Crippen LogP contribution < -0.4 is 20.7 Å². The summed E-state index contributed by atoms with van der Waals surface area (Å²) in [4.78, 5) is 11.1. The second kappa shape index (κ2) is 4.51. The molecule has 5 aromatic rings. The highest BCUT2D eigenvalue weighted by atomic mass is 14.8. The van der Waals surface area contributed by atoms with Crippen LogP contribution in [0.1, 0.15) is 0 Å². The first-order chi connectivity index (χ1) is 13.4. The smallest absolute Gasteiger partial charge is 0.237 e.